The Morgan fingerprint density at radius 2 is 2.17 bits per heavy atom. The molecule has 1 heterocycles. The number of aryl methyl sites for hydroxylation is 1. The first-order valence-corrected chi connectivity index (χ1v) is 6.14. The molecule has 1 unspecified atom stereocenters. The van der Waals surface area contributed by atoms with Crippen LogP contribution in [-0.4, -0.2) is 21.4 Å². The van der Waals surface area contributed by atoms with Gasteiger partial charge in [0.1, 0.15) is 11.4 Å². The van der Waals surface area contributed by atoms with Crippen LogP contribution in [0.15, 0.2) is 33.4 Å². The molecule has 0 amide bonds. The van der Waals surface area contributed by atoms with Crippen molar-refractivity contribution in [3.8, 4) is 0 Å². The van der Waals surface area contributed by atoms with Gasteiger partial charge in [-0.25, -0.2) is 4.63 Å². The first-order valence-electron chi connectivity index (χ1n) is 5.35. The van der Waals surface area contributed by atoms with Gasteiger partial charge in [0.15, 0.2) is 0 Å². The van der Waals surface area contributed by atoms with Crippen molar-refractivity contribution in [2.45, 2.75) is 19.3 Å². The molecule has 0 saturated heterocycles. The van der Waals surface area contributed by atoms with Crippen LogP contribution in [0.4, 0.5) is 0 Å². The number of aromatic nitrogens is 2. The average molecular weight is 311 g/mol. The van der Waals surface area contributed by atoms with Crippen molar-refractivity contribution in [3.05, 3.63) is 45.7 Å². The number of hydrogen-bond donors (Lipinski definition) is 1. The highest BCUT2D eigenvalue weighted by Crippen LogP contribution is 2.28. The van der Waals surface area contributed by atoms with Gasteiger partial charge in [0, 0.05) is 10.9 Å². The van der Waals surface area contributed by atoms with Crippen LogP contribution in [-0.2, 0) is 11.2 Å². The van der Waals surface area contributed by atoms with E-state index in [1.54, 1.807) is 13.0 Å². The molecular weight excluding hydrogens is 300 g/mol. The lowest BCUT2D eigenvalue weighted by Crippen LogP contribution is -2.15. The van der Waals surface area contributed by atoms with Crippen molar-refractivity contribution in [2.24, 2.45) is 0 Å². The third-order valence-corrected chi connectivity index (χ3v) is 3.44. The van der Waals surface area contributed by atoms with E-state index in [4.69, 9.17) is 0 Å². The smallest absolute Gasteiger partial charge is 0.311 e. The molecule has 0 aliphatic carbocycles. The van der Waals surface area contributed by atoms with Crippen molar-refractivity contribution in [1.29, 1.82) is 0 Å². The molecule has 0 spiro atoms. The number of carboxylic acid groups (broad SMARTS) is 1. The molecule has 2 aromatic rings. The Morgan fingerprint density at radius 1 is 1.44 bits per heavy atom. The van der Waals surface area contributed by atoms with Crippen molar-refractivity contribution in [2.75, 3.05) is 0 Å². The van der Waals surface area contributed by atoms with E-state index < -0.39 is 11.9 Å². The van der Waals surface area contributed by atoms with E-state index in [0.29, 0.717) is 17.0 Å². The number of benzene rings is 1. The van der Waals surface area contributed by atoms with Crippen molar-refractivity contribution < 1.29 is 14.5 Å². The largest absolute Gasteiger partial charge is 0.481 e. The van der Waals surface area contributed by atoms with E-state index in [-0.39, 0.29) is 6.42 Å². The van der Waals surface area contributed by atoms with E-state index in [1.165, 1.54) is 0 Å². The second-order valence-corrected chi connectivity index (χ2v) is 4.77. The first-order chi connectivity index (χ1) is 8.59. The fraction of sp³-hybridized carbons (Fsp3) is 0.250. The summed E-state index contributed by atoms with van der Waals surface area (Å²) in [6.07, 6.45) is 0.257. The Hall–Kier alpha value is -1.69. The highest BCUT2D eigenvalue weighted by Gasteiger charge is 2.24. The molecule has 18 heavy (non-hydrogen) atoms. The van der Waals surface area contributed by atoms with Crippen LogP contribution >= 0.6 is 15.9 Å². The SMILES string of the molecule is Cc1nonc1CC(C(=O)O)c1ccccc1Br. The van der Waals surface area contributed by atoms with Gasteiger partial charge in [0.25, 0.3) is 0 Å². The van der Waals surface area contributed by atoms with Crippen LogP contribution in [0.1, 0.15) is 22.9 Å². The number of halogens is 1. The maximum Gasteiger partial charge on any atom is 0.311 e. The standard InChI is InChI=1S/C12H11BrN2O3/c1-7-11(15-18-14-7)6-9(12(16)17)8-4-2-3-5-10(8)13/h2-5,9H,6H2,1H3,(H,16,17). The minimum atomic E-state index is -0.899. The number of nitrogens with zero attached hydrogens (tertiary/aromatic N) is 2. The quantitative estimate of drug-likeness (QED) is 0.939. The van der Waals surface area contributed by atoms with Crippen molar-refractivity contribution >= 4 is 21.9 Å². The normalized spacial score (nSPS) is 12.3. The summed E-state index contributed by atoms with van der Waals surface area (Å²) < 4.78 is 5.36. The van der Waals surface area contributed by atoms with Crippen LogP contribution in [0.25, 0.3) is 0 Å². The summed E-state index contributed by atoms with van der Waals surface area (Å²) in [5, 5.41) is 16.7. The van der Waals surface area contributed by atoms with Gasteiger partial charge in [0.05, 0.1) is 5.92 Å². The molecule has 0 bridgehead atoms. The van der Waals surface area contributed by atoms with Gasteiger partial charge in [-0.1, -0.05) is 44.4 Å². The summed E-state index contributed by atoms with van der Waals surface area (Å²) in [4.78, 5) is 11.4. The van der Waals surface area contributed by atoms with Crippen LogP contribution in [0, 0.1) is 6.92 Å². The summed E-state index contributed by atoms with van der Waals surface area (Å²) in [5.41, 5.74) is 1.90. The third kappa shape index (κ3) is 2.59. The van der Waals surface area contributed by atoms with Gasteiger partial charge in [-0.05, 0) is 18.6 Å². The van der Waals surface area contributed by atoms with Crippen molar-refractivity contribution in [3.63, 3.8) is 0 Å². The number of rotatable bonds is 4. The van der Waals surface area contributed by atoms with Crippen molar-refractivity contribution in [1.82, 2.24) is 10.3 Å². The maximum absolute atomic E-state index is 11.4. The second-order valence-electron chi connectivity index (χ2n) is 3.91. The third-order valence-electron chi connectivity index (χ3n) is 2.72. The Labute approximate surface area is 112 Å². The highest BCUT2D eigenvalue weighted by molar-refractivity contribution is 9.10. The Balaban J connectivity index is 2.33. The first kappa shape index (κ1) is 12.8. The number of carboxylic acids is 1. The van der Waals surface area contributed by atoms with Crippen LogP contribution < -0.4 is 0 Å². The van der Waals surface area contributed by atoms with Gasteiger partial charge in [-0.2, -0.15) is 0 Å². The van der Waals surface area contributed by atoms with Crippen LogP contribution in [0.5, 0.6) is 0 Å². The fourth-order valence-corrected chi connectivity index (χ4v) is 2.28. The monoisotopic (exact) mass is 310 g/mol. The Morgan fingerprint density at radius 3 is 2.72 bits per heavy atom. The molecule has 6 heteroatoms. The predicted octanol–water partition coefficient (Wildman–Crippen LogP) is 2.55. The van der Waals surface area contributed by atoms with Gasteiger partial charge in [0.2, 0.25) is 0 Å². The summed E-state index contributed by atoms with van der Waals surface area (Å²) in [5.74, 6) is -1.57. The lowest BCUT2D eigenvalue weighted by atomic mass is 9.94. The molecule has 0 saturated carbocycles. The van der Waals surface area contributed by atoms with Gasteiger partial charge in [-0.15, -0.1) is 0 Å². The lowest BCUT2D eigenvalue weighted by Gasteiger charge is -2.12. The zero-order valence-electron chi connectivity index (χ0n) is 9.63. The van der Waals surface area contributed by atoms with E-state index in [9.17, 15) is 9.90 Å². The van der Waals surface area contributed by atoms with E-state index in [0.717, 1.165) is 4.47 Å². The van der Waals surface area contributed by atoms with Gasteiger partial charge >= 0.3 is 5.97 Å². The molecule has 1 aromatic heterocycles. The molecule has 0 radical (unpaired) electrons. The fourth-order valence-electron chi connectivity index (χ4n) is 1.72. The minimum absolute atomic E-state index is 0.257. The molecule has 1 atom stereocenters. The van der Waals surface area contributed by atoms with E-state index in [2.05, 4.69) is 30.9 Å². The minimum Gasteiger partial charge on any atom is -0.481 e. The van der Waals surface area contributed by atoms with E-state index >= 15 is 0 Å². The molecule has 1 aromatic carbocycles. The molecule has 0 fully saturated rings. The van der Waals surface area contributed by atoms with Gasteiger partial charge in [-0.3, -0.25) is 4.79 Å². The number of aliphatic carboxylic acids is 1. The zero-order chi connectivity index (χ0) is 13.1. The molecule has 0 aliphatic rings. The van der Waals surface area contributed by atoms with Crippen LogP contribution in [0.3, 0.4) is 0 Å². The van der Waals surface area contributed by atoms with Gasteiger partial charge < -0.3 is 5.11 Å². The number of hydrogen-bond acceptors (Lipinski definition) is 4. The topological polar surface area (TPSA) is 76.2 Å². The zero-order valence-corrected chi connectivity index (χ0v) is 11.2. The molecular formula is C12H11BrN2O3. The van der Waals surface area contributed by atoms with Crippen LogP contribution in [0.2, 0.25) is 0 Å². The summed E-state index contributed by atoms with van der Waals surface area (Å²) >= 11 is 3.37. The molecule has 94 valence electrons. The maximum atomic E-state index is 11.4. The second kappa shape index (κ2) is 5.30. The number of carbonyl (C=O) groups is 1. The Bertz CT molecular complexity index is 568. The summed E-state index contributed by atoms with van der Waals surface area (Å²) in [6.45, 7) is 1.74. The van der Waals surface area contributed by atoms with E-state index in [1.807, 2.05) is 18.2 Å². The predicted molar refractivity (Wildman–Crippen MR) is 67.3 cm³/mol. The molecule has 1 N–H and O–H groups in total. The molecule has 5 nitrogen and oxygen atoms in total. The summed E-state index contributed by atoms with van der Waals surface area (Å²) in [6, 6.07) is 7.25. The average Bonchev–Trinajstić information content (AvgIpc) is 2.73. The lowest BCUT2D eigenvalue weighted by molar-refractivity contribution is -0.138. The molecule has 0 aliphatic heterocycles. The summed E-state index contributed by atoms with van der Waals surface area (Å²) in [7, 11) is 0. The Kier molecular flexibility index (Phi) is 3.76. The molecule has 2 rings (SSSR count). The highest BCUT2D eigenvalue weighted by atomic mass is 79.9.